The van der Waals surface area contributed by atoms with Crippen LogP contribution in [0.25, 0.3) is 11.0 Å². The first-order chi connectivity index (χ1) is 12.0. The van der Waals surface area contributed by atoms with Crippen LogP contribution in [0.3, 0.4) is 0 Å². The Labute approximate surface area is 144 Å². The van der Waals surface area contributed by atoms with Crippen LogP contribution in [0, 0.1) is 5.82 Å². The maximum atomic E-state index is 13.1. The Kier molecular flexibility index (Phi) is 3.77. The van der Waals surface area contributed by atoms with Crippen LogP contribution in [0.5, 0.6) is 0 Å². The molecule has 1 aliphatic heterocycles. The van der Waals surface area contributed by atoms with E-state index in [0.29, 0.717) is 18.5 Å². The van der Waals surface area contributed by atoms with Crippen LogP contribution in [0.2, 0.25) is 0 Å². The zero-order valence-electron chi connectivity index (χ0n) is 13.6. The molecule has 0 radical (unpaired) electrons. The molecule has 1 saturated heterocycles. The molecule has 0 spiro atoms. The van der Waals surface area contributed by atoms with Crippen LogP contribution >= 0.6 is 0 Å². The van der Waals surface area contributed by atoms with Crippen molar-refractivity contribution in [3.63, 3.8) is 0 Å². The lowest BCUT2D eigenvalue weighted by molar-refractivity contribution is -0.130. The first-order valence-electron chi connectivity index (χ1n) is 8.22. The van der Waals surface area contributed by atoms with Gasteiger partial charge in [-0.05, 0) is 41.8 Å². The Balaban J connectivity index is 1.49. The second-order valence-electron chi connectivity index (χ2n) is 6.49. The molecule has 1 unspecified atom stereocenters. The van der Waals surface area contributed by atoms with Crippen molar-refractivity contribution >= 4 is 16.9 Å². The third-order valence-electron chi connectivity index (χ3n) is 4.86. The van der Waals surface area contributed by atoms with E-state index >= 15 is 0 Å². The number of aromatic amines is 1. The summed E-state index contributed by atoms with van der Waals surface area (Å²) in [6.45, 7) is 0.700. The number of benzene rings is 1. The molecule has 3 aromatic rings. The number of hydrogen-bond donors (Lipinski definition) is 2. The Morgan fingerprint density at radius 2 is 2.12 bits per heavy atom. The highest BCUT2D eigenvalue weighted by atomic mass is 19.1. The fourth-order valence-electron chi connectivity index (χ4n) is 3.44. The van der Waals surface area contributed by atoms with Crippen LogP contribution in [0.4, 0.5) is 4.39 Å². The van der Waals surface area contributed by atoms with E-state index in [1.54, 1.807) is 29.4 Å². The number of H-pyrrole nitrogens is 1. The predicted octanol–water partition coefficient (Wildman–Crippen LogP) is 2.36. The Bertz CT molecular complexity index is 922. The van der Waals surface area contributed by atoms with Crippen LogP contribution in [0.15, 0.2) is 48.8 Å². The first kappa shape index (κ1) is 15.8. The lowest BCUT2D eigenvalue weighted by Gasteiger charge is -2.24. The minimum atomic E-state index is -1.12. The molecule has 1 aromatic carbocycles. The van der Waals surface area contributed by atoms with Gasteiger partial charge in [-0.25, -0.2) is 9.37 Å². The van der Waals surface area contributed by atoms with Gasteiger partial charge in [0.15, 0.2) is 0 Å². The molecule has 4 rings (SSSR count). The molecule has 1 atom stereocenters. The van der Waals surface area contributed by atoms with Crippen LogP contribution < -0.4 is 0 Å². The molecule has 2 aromatic heterocycles. The summed E-state index contributed by atoms with van der Waals surface area (Å²) in [5.41, 5.74) is 1.17. The van der Waals surface area contributed by atoms with E-state index in [4.69, 9.17) is 0 Å². The normalized spacial score (nSPS) is 20.3. The second kappa shape index (κ2) is 5.97. The van der Waals surface area contributed by atoms with Crippen LogP contribution in [0.1, 0.15) is 17.5 Å². The fraction of sp³-hybridized carbons (Fsp3) is 0.263. The Morgan fingerprint density at radius 3 is 2.92 bits per heavy atom. The summed E-state index contributed by atoms with van der Waals surface area (Å²) >= 11 is 0. The molecule has 6 heteroatoms. The third kappa shape index (κ3) is 2.89. The zero-order valence-corrected chi connectivity index (χ0v) is 13.6. The van der Waals surface area contributed by atoms with Gasteiger partial charge in [0, 0.05) is 24.3 Å². The van der Waals surface area contributed by atoms with Crippen molar-refractivity contribution in [2.24, 2.45) is 0 Å². The van der Waals surface area contributed by atoms with Crippen molar-refractivity contribution in [3.05, 3.63) is 65.7 Å². The maximum Gasteiger partial charge on any atom is 0.227 e. The minimum absolute atomic E-state index is 0.0391. The van der Waals surface area contributed by atoms with Crippen molar-refractivity contribution in [2.45, 2.75) is 18.4 Å². The standard InChI is InChI=1S/C19H18FN3O2/c20-15-5-3-14(4-6-15)19(25)7-9-23(12-19)17(24)10-13-11-22-18-16(13)2-1-8-21-18/h1-6,8,11,25H,7,9-10,12H2,(H,21,22). The van der Waals surface area contributed by atoms with Gasteiger partial charge in [-0.1, -0.05) is 12.1 Å². The van der Waals surface area contributed by atoms with E-state index in [2.05, 4.69) is 9.97 Å². The summed E-state index contributed by atoms with van der Waals surface area (Å²) in [7, 11) is 0. The summed E-state index contributed by atoms with van der Waals surface area (Å²) < 4.78 is 13.1. The molecule has 2 N–H and O–H groups in total. The van der Waals surface area contributed by atoms with Crippen molar-refractivity contribution in [1.82, 2.24) is 14.9 Å². The number of rotatable bonds is 3. The fourth-order valence-corrected chi connectivity index (χ4v) is 3.44. The number of aliphatic hydroxyl groups is 1. The Morgan fingerprint density at radius 1 is 1.32 bits per heavy atom. The number of aromatic nitrogens is 2. The van der Waals surface area contributed by atoms with Gasteiger partial charge in [-0.15, -0.1) is 0 Å². The summed E-state index contributed by atoms with van der Waals surface area (Å²) in [5.74, 6) is -0.381. The summed E-state index contributed by atoms with van der Waals surface area (Å²) in [5, 5.41) is 11.8. The Hall–Kier alpha value is -2.73. The number of carbonyl (C=O) groups is 1. The van der Waals surface area contributed by atoms with Crippen LogP contribution in [-0.2, 0) is 16.8 Å². The largest absolute Gasteiger partial charge is 0.383 e. The minimum Gasteiger partial charge on any atom is -0.383 e. The van der Waals surface area contributed by atoms with Gasteiger partial charge in [0.2, 0.25) is 5.91 Å². The van der Waals surface area contributed by atoms with Crippen molar-refractivity contribution < 1.29 is 14.3 Å². The van der Waals surface area contributed by atoms with E-state index in [1.807, 2.05) is 12.1 Å². The van der Waals surface area contributed by atoms with E-state index < -0.39 is 5.60 Å². The average molecular weight is 339 g/mol. The molecular formula is C19H18FN3O2. The lowest BCUT2D eigenvalue weighted by Crippen LogP contribution is -2.35. The molecule has 3 heterocycles. The average Bonchev–Trinajstić information content (AvgIpc) is 3.21. The van der Waals surface area contributed by atoms with Gasteiger partial charge in [0.05, 0.1) is 13.0 Å². The zero-order chi connectivity index (χ0) is 17.4. The number of halogens is 1. The highest BCUT2D eigenvalue weighted by molar-refractivity contribution is 5.87. The second-order valence-corrected chi connectivity index (χ2v) is 6.49. The number of likely N-dealkylation sites (tertiary alicyclic amines) is 1. The van der Waals surface area contributed by atoms with E-state index in [-0.39, 0.29) is 24.7 Å². The topological polar surface area (TPSA) is 69.2 Å². The number of carbonyl (C=O) groups excluding carboxylic acids is 1. The van der Waals surface area contributed by atoms with Crippen molar-refractivity contribution in [1.29, 1.82) is 0 Å². The molecule has 1 aliphatic rings. The molecule has 25 heavy (non-hydrogen) atoms. The molecule has 0 saturated carbocycles. The van der Waals surface area contributed by atoms with Gasteiger partial charge < -0.3 is 15.0 Å². The van der Waals surface area contributed by atoms with Gasteiger partial charge in [0.1, 0.15) is 17.1 Å². The molecule has 5 nitrogen and oxygen atoms in total. The van der Waals surface area contributed by atoms with Gasteiger partial charge in [-0.2, -0.15) is 0 Å². The quantitative estimate of drug-likeness (QED) is 0.770. The molecular weight excluding hydrogens is 321 g/mol. The van der Waals surface area contributed by atoms with E-state index in [0.717, 1.165) is 16.6 Å². The molecule has 128 valence electrons. The highest BCUT2D eigenvalue weighted by Gasteiger charge is 2.39. The maximum absolute atomic E-state index is 13.1. The van der Waals surface area contributed by atoms with E-state index in [9.17, 15) is 14.3 Å². The number of pyridine rings is 1. The number of nitrogens with zero attached hydrogens (tertiary/aromatic N) is 2. The number of β-amino-alcohol motifs (C(OH)–C–C–N with tert-alkyl or cyclic N) is 1. The number of nitrogens with one attached hydrogen (secondary N) is 1. The monoisotopic (exact) mass is 339 g/mol. The van der Waals surface area contributed by atoms with E-state index in [1.165, 1.54) is 12.1 Å². The third-order valence-corrected chi connectivity index (χ3v) is 4.86. The molecule has 0 bridgehead atoms. The van der Waals surface area contributed by atoms with Crippen molar-refractivity contribution in [3.8, 4) is 0 Å². The highest BCUT2D eigenvalue weighted by Crippen LogP contribution is 2.32. The molecule has 1 fully saturated rings. The van der Waals surface area contributed by atoms with Crippen molar-refractivity contribution in [2.75, 3.05) is 13.1 Å². The summed E-state index contributed by atoms with van der Waals surface area (Å²) in [4.78, 5) is 21.6. The summed E-state index contributed by atoms with van der Waals surface area (Å²) in [6, 6.07) is 9.59. The number of fused-ring (bicyclic) bond motifs is 1. The smallest absolute Gasteiger partial charge is 0.227 e. The van der Waals surface area contributed by atoms with Gasteiger partial charge in [-0.3, -0.25) is 4.79 Å². The SMILES string of the molecule is O=C(Cc1c[nH]c2ncccc12)N1CCC(O)(c2ccc(F)cc2)C1. The van der Waals surface area contributed by atoms with Gasteiger partial charge >= 0.3 is 0 Å². The molecule has 0 aliphatic carbocycles. The lowest BCUT2D eigenvalue weighted by atomic mass is 9.93. The van der Waals surface area contributed by atoms with Crippen LogP contribution in [-0.4, -0.2) is 39.0 Å². The van der Waals surface area contributed by atoms with Gasteiger partial charge in [0.25, 0.3) is 0 Å². The summed E-state index contributed by atoms with van der Waals surface area (Å²) in [6.07, 6.45) is 4.20. The molecule has 1 amide bonds. The number of amides is 1. The first-order valence-corrected chi connectivity index (χ1v) is 8.22. The predicted molar refractivity (Wildman–Crippen MR) is 91.3 cm³/mol. The number of hydrogen-bond acceptors (Lipinski definition) is 3.